The van der Waals surface area contributed by atoms with E-state index >= 15 is 0 Å². The number of aromatic nitrogens is 4. The molecule has 8 nitrogen and oxygen atoms in total. The molecule has 0 unspecified atom stereocenters. The van der Waals surface area contributed by atoms with Gasteiger partial charge in [0.1, 0.15) is 6.33 Å². The fourth-order valence-corrected chi connectivity index (χ4v) is 2.64. The van der Waals surface area contributed by atoms with Crippen molar-refractivity contribution in [3.8, 4) is 5.82 Å². The number of nitrogens with one attached hydrogen (secondary N) is 1. The van der Waals surface area contributed by atoms with Gasteiger partial charge in [0.05, 0.1) is 10.6 Å². The molecule has 0 aliphatic carbocycles. The summed E-state index contributed by atoms with van der Waals surface area (Å²) in [6.45, 7) is 4.18. The summed E-state index contributed by atoms with van der Waals surface area (Å²) in [6, 6.07) is 11.7. The van der Waals surface area contributed by atoms with E-state index in [4.69, 9.17) is 0 Å². The second-order valence-corrected chi connectivity index (χ2v) is 5.65. The van der Waals surface area contributed by atoms with Crippen molar-refractivity contribution >= 4 is 11.5 Å². The minimum atomic E-state index is -0.476. The largest absolute Gasteiger partial charge is 0.364 e. The minimum Gasteiger partial charge on any atom is -0.364 e. The molecule has 2 aromatic heterocycles. The Kier molecular flexibility index (Phi) is 4.69. The lowest BCUT2D eigenvalue weighted by molar-refractivity contribution is -0.384. The summed E-state index contributed by atoms with van der Waals surface area (Å²) in [5.74, 6) is 0.353. The van der Waals surface area contributed by atoms with E-state index in [1.165, 1.54) is 11.0 Å². The summed E-state index contributed by atoms with van der Waals surface area (Å²) in [6.07, 6.45) is 2.04. The highest BCUT2D eigenvalue weighted by atomic mass is 16.6. The summed E-state index contributed by atoms with van der Waals surface area (Å²) in [7, 11) is 0. The molecule has 1 N–H and O–H groups in total. The van der Waals surface area contributed by atoms with Crippen LogP contribution < -0.4 is 5.32 Å². The van der Waals surface area contributed by atoms with Crippen LogP contribution in [0, 0.1) is 24.0 Å². The number of aryl methyl sites for hydroxylation is 2. The molecular weight excluding hydrogens is 320 g/mol. The van der Waals surface area contributed by atoms with Gasteiger partial charge < -0.3 is 5.32 Å². The predicted octanol–water partition coefficient (Wildman–Crippen LogP) is 2.84. The fourth-order valence-electron chi connectivity index (χ4n) is 2.64. The predicted molar refractivity (Wildman–Crippen MR) is 93.9 cm³/mol. The molecular formula is C17H18N6O2. The van der Waals surface area contributed by atoms with E-state index in [1.54, 1.807) is 0 Å². The molecule has 0 radical (unpaired) electrons. The van der Waals surface area contributed by atoms with E-state index in [-0.39, 0.29) is 17.3 Å². The zero-order chi connectivity index (χ0) is 17.8. The zero-order valence-electron chi connectivity index (χ0n) is 14.0. The van der Waals surface area contributed by atoms with Crippen molar-refractivity contribution in [1.29, 1.82) is 0 Å². The van der Waals surface area contributed by atoms with Gasteiger partial charge in [-0.3, -0.25) is 10.1 Å². The molecule has 0 saturated heterocycles. The van der Waals surface area contributed by atoms with Crippen LogP contribution in [0.5, 0.6) is 0 Å². The molecule has 25 heavy (non-hydrogen) atoms. The highest BCUT2D eigenvalue weighted by molar-refractivity contribution is 5.64. The molecule has 8 heteroatoms. The third kappa shape index (κ3) is 3.63. The Balaban J connectivity index is 1.88. The first-order valence-electron chi connectivity index (χ1n) is 7.87. The van der Waals surface area contributed by atoms with Crippen LogP contribution in [0.3, 0.4) is 0 Å². The number of anilines is 1. The highest BCUT2D eigenvalue weighted by Crippen LogP contribution is 2.28. The summed E-state index contributed by atoms with van der Waals surface area (Å²) in [5.41, 5.74) is 2.51. The molecule has 0 aliphatic rings. The third-order valence-corrected chi connectivity index (χ3v) is 3.74. The molecule has 0 atom stereocenters. The van der Waals surface area contributed by atoms with Crippen LogP contribution in [0.4, 0.5) is 11.5 Å². The zero-order valence-corrected chi connectivity index (χ0v) is 14.0. The number of hydrogen-bond acceptors (Lipinski definition) is 6. The van der Waals surface area contributed by atoms with Crippen LogP contribution in [0.2, 0.25) is 0 Å². The van der Waals surface area contributed by atoms with Crippen LogP contribution in [-0.4, -0.2) is 31.2 Å². The van der Waals surface area contributed by atoms with Gasteiger partial charge in [-0.2, -0.15) is 5.10 Å². The number of nitro groups is 1. The third-order valence-electron chi connectivity index (χ3n) is 3.74. The quantitative estimate of drug-likeness (QED) is 0.548. The summed E-state index contributed by atoms with van der Waals surface area (Å²) < 4.78 is 1.47. The van der Waals surface area contributed by atoms with Gasteiger partial charge in [0.2, 0.25) is 11.6 Å². The monoisotopic (exact) mass is 338 g/mol. The molecule has 3 aromatic rings. The first-order chi connectivity index (χ1) is 12.1. The lowest BCUT2D eigenvalue weighted by Gasteiger charge is -2.09. The van der Waals surface area contributed by atoms with Crippen molar-refractivity contribution in [3.63, 3.8) is 0 Å². The lowest BCUT2D eigenvalue weighted by atomic mass is 10.1. The highest BCUT2D eigenvalue weighted by Gasteiger charge is 2.25. The molecule has 0 fully saturated rings. The molecule has 1 aromatic carbocycles. The van der Waals surface area contributed by atoms with Crippen molar-refractivity contribution in [2.24, 2.45) is 0 Å². The summed E-state index contributed by atoms with van der Waals surface area (Å²) >= 11 is 0. The second-order valence-electron chi connectivity index (χ2n) is 5.65. The molecule has 3 rings (SSSR count). The maximum Gasteiger partial charge on any atom is 0.355 e. The molecule has 0 saturated carbocycles. The second kappa shape index (κ2) is 7.08. The van der Waals surface area contributed by atoms with E-state index < -0.39 is 4.92 Å². The standard InChI is InChI=1S/C17H18N6O2/c1-12-10-13(2)22(21-12)17-15(23(24)25)16(19-11-20-17)18-9-8-14-6-4-3-5-7-14/h3-7,10-11H,8-9H2,1-2H3,(H,18,19,20). The van der Waals surface area contributed by atoms with E-state index in [0.717, 1.165) is 23.4 Å². The summed E-state index contributed by atoms with van der Waals surface area (Å²) in [5, 5.41) is 18.9. The molecule has 0 bridgehead atoms. The molecule has 2 heterocycles. The Morgan fingerprint density at radius 3 is 2.60 bits per heavy atom. The number of nitrogens with zero attached hydrogens (tertiary/aromatic N) is 5. The maximum atomic E-state index is 11.6. The van der Waals surface area contributed by atoms with Gasteiger partial charge >= 0.3 is 5.69 Å². The Morgan fingerprint density at radius 1 is 1.20 bits per heavy atom. The summed E-state index contributed by atoms with van der Waals surface area (Å²) in [4.78, 5) is 19.3. The van der Waals surface area contributed by atoms with Crippen LogP contribution in [0.25, 0.3) is 5.82 Å². The van der Waals surface area contributed by atoms with E-state index in [1.807, 2.05) is 50.2 Å². The van der Waals surface area contributed by atoms with E-state index in [0.29, 0.717) is 6.54 Å². The van der Waals surface area contributed by atoms with Gasteiger partial charge in [0.15, 0.2) is 0 Å². The first-order valence-corrected chi connectivity index (χ1v) is 7.87. The normalized spacial score (nSPS) is 10.6. The van der Waals surface area contributed by atoms with Crippen LogP contribution in [-0.2, 0) is 6.42 Å². The Morgan fingerprint density at radius 2 is 1.96 bits per heavy atom. The minimum absolute atomic E-state index is 0.160. The first kappa shape index (κ1) is 16.6. The van der Waals surface area contributed by atoms with Crippen molar-refractivity contribution in [2.75, 3.05) is 11.9 Å². The van der Waals surface area contributed by atoms with Gasteiger partial charge in [0.25, 0.3) is 0 Å². The SMILES string of the molecule is Cc1cc(C)n(-c2ncnc(NCCc3ccccc3)c2[N+](=O)[O-])n1. The Labute approximate surface area is 144 Å². The van der Waals surface area contributed by atoms with Crippen LogP contribution in [0.15, 0.2) is 42.7 Å². The molecule has 0 spiro atoms. The van der Waals surface area contributed by atoms with Crippen LogP contribution >= 0.6 is 0 Å². The average molecular weight is 338 g/mol. The van der Waals surface area contributed by atoms with Gasteiger partial charge in [0, 0.05) is 12.2 Å². The topological polar surface area (TPSA) is 98.8 Å². The fraction of sp³-hybridized carbons (Fsp3) is 0.235. The Hall–Kier alpha value is -3.29. The maximum absolute atomic E-state index is 11.6. The average Bonchev–Trinajstić information content (AvgIpc) is 2.93. The Bertz CT molecular complexity index is 891. The van der Waals surface area contributed by atoms with E-state index in [9.17, 15) is 10.1 Å². The molecule has 0 amide bonds. The number of benzene rings is 1. The smallest absolute Gasteiger partial charge is 0.355 e. The van der Waals surface area contributed by atoms with E-state index in [2.05, 4.69) is 20.4 Å². The number of rotatable bonds is 6. The van der Waals surface area contributed by atoms with Crippen LogP contribution in [0.1, 0.15) is 17.0 Å². The van der Waals surface area contributed by atoms with Gasteiger partial charge in [-0.25, -0.2) is 14.6 Å². The van der Waals surface area contributed by atoms with Gasteiger partial charge in [-0.1, -0.05) is 30.3 Å². The van der Waals surface area contributed by atoms with Crippen molar-refractivity contribution in [2.45, 2.75) is 20.3 Å². The lowest BCUT2D eigenvalue weighted by Crippen LogP contribution is -2.13. The molecule has 128 valence electrons. The number of hydrogen-bond donors (Lipinski definition) is 1. The van der Waals surface area contributed by atoms with Gasteiger partial charge in [-0.15, -0.1) is 0 Å². The molecule has 0 aliphatic heterocycles. The van der Waals surface area contributed by atoms with Crippen molar-refractivity contribution < 1.29 is 4.92 Å². The van der Waals surface area contributed by atoms with Gasteiger partial charge in [-0.05, 0) is 31.9 Å². The van der Waals surface area contributed by atoms with Crippen molar-refractivity contribution in [3.05, 3.63) is 69.8 Å². The van der Waals surface area contributed by atoms with Crippen molar-refractivity contribution in [1.82, 2.24) is 19.7 Å².